The van der Waals surface area contributed by atoms with E-state index in [1.165, 1.54) is 17.6 Å². The van der Waals surface area contributed by atoms with Crippen molar-refractivity contribution in [3.63, 3.8) is 0 Å². The van der Waals surface area contributed by atoms with Crippen LogP contribution < -0.4 is 5.32 Å². The van der Waals surface area contributed by atoms with Gasteiger partial charge in [0.05, 0.1) is 5.52 Å². The van der Waals surface area contributed by atoms with Gasteiger partial charge in [-0.05, 0) is 47.3 Å². The molecule has 2 heterocycles. The Morgan fingerprint density at radius 1 is 1.15 bits per heavy atom. The molecule has 130 valence electrons. The van der Waals surface area contributed by atoms with Crippen LogP contribution in [0.1, 0.15) is 15.9 Å². The van der Waals surface area contributed by atoms with Gasteiger partial charge in [-0.2, -0.15) is 0 Å². The number of hydrogen-bond donors (Lipinski definition) is 2. The number of H-pyrrole nitrogens is 1. The van der Waals surface area contributed by atoms with Gasteiger partial charge in [-0.3, -0.25) is 4.79 Å². The summed E-state index contributed by atoms with van der Waals surface area (Å²) in [4.78, 5) is 15.3. The number of aromatic amines is 1. The SMILES string of the molecule is O=C(NCCc1c[nH]c2c(F)cccc12)c1ccc(-c2cnsc2)cc1. The van der Waals surface area contributed by atoms with Crippen molar-refractivity contribution in [1.82, 2.24) is 14.7 Å². The Morgan fingerprint density at radius 3 is 2.77 bits per heavy atom. The molecule has 0 radical (unpaired) electrons. The van der Waals surface area contributed by atoms with E-state index >= 15 is 0 Å². The molecule has 0 bridgehead atoms. The zero-order valence-corrected chi connectivity index (χ0v) is 14.6. The molecule has 0 atom stereocenters. The summed E-state index contributed by atoms with van der Waals surface area (Å²) in [7, 11) is 0. The normalized spacial score (nSPS) is 11.0. The molecule has 0 aliphatic carbocycles. The highest BCUT2D eigenvalue weighted by Gasteiger charge is 2.09. The first-order valence-electron chi connectivity index (χ1n) is 8.25. The van der Waals surface area contributed by atoms with Crippen LogP contribution in [0.4, 0.5) is 4.39 Å². The fraction of sp³-hybridized carbons (Fsp3) is 0.100. The number of amides is 1. The standard InChI is InChI=1S/C20H16FN3OS/c21-18-3-1-2-17-15(10-23-19(17)18)8-9-22-20(25)14-6-4-13(5-7-14)16-11-24-26-12-16/h1-7,10-12,23H,8-9H2,(H,22,25). The molecule has 0 spiro atoms. The lowest BCUT2D eigenvalue weighted by molar-refractivity contribution is 0.0954. The number of nitrogens with zero attached hydrogens (tertiary/aromatic N) is 1. The molecular weight excluding hydrogens is 349 g/mol. The average Bonchev–Trinajstić information content (AvgIpc) is 3.33. The lowest BCUT2D eigenvalue weighted by Gasteiger charge is -2.06. The van der Waals surface area contributed by atoms with Crippen LogP contribution in [0.15, 0.2) is 60.2 Å². The predicted octanol–water partition coefficient (Wildman–Crippen LogP) is 4.40. The number of hydrogen-bond acceptors (Lipinski definition) is 3. The second-order valence-corrected chi connectivity index (χ2v) is 6.63. The molecule has 0 unspecified atom stereocenters. The highest BCUT2D eigenvalue weighted by molar-refractivity contribution is 7.03. The predicted molar refractivity (Wildman–Crippen MR) is 102 cm³/mol. The van der Waals surface area contributed by atoms with Crippen molar-refractivity contribution in [3.05, 3.63) is 77.2 Å². The van der Waals surface area contributed by atoms with Gasteiger partial charge in [0.1, 0.15) is 5.82 Å². The van der Waals surface area contributed by atoms with Crippen LogP contribution >= 0.6 is 11.5 Å². The lowest BCUT2D eigenvalue weighted by atomic mass is 10.1. The molecule has 0 saturated carbocycles. The van der Waals surface area contributed by atoms with Gasteiger partial charge in [-0.25, -0.2) is 8.76 Å². The van der Waals surface area contributed by atoms with Gasteiger partial charge in [0.25, 0.3) is 5.91 Å². The van der Waals surface area contributed by atoms with E-state index < -0.39 is 0 Å². The maximum atomic E-state index is 13.7. The van der Waals surface area contributed by atoms with Crippen molar-refractivity contribution >= 4 is 28.3 Å². The molecule has 0 aliphatic heterocycles. The Bertz CT molecular complexity index is 1040. The molecule has 0 fully saturated rings. The summed E-state index contributed by atoms with van der Waals surface area (Å²) < 4.78 is 17.8. The van der Waals surface area contributed by atoms with Crippen LogP contribution in [0.3, 0.4) is 0 Å². The highest BCUT2D eigenvalue weighted by atomic mass is 32.1. The fourth-order valence-corrected chi connectivity index (χ4v) is 3.50. The van der Waals surface area contributed by atoms with Gasteiger partial charge in [-0.15, -0.1) is 0 Å². The van der Waals surface area contributed by atoms with E-state index in [9.17, 15) is 9.18 Å². The van der Waals surface area contributed by atoms with E-state index in [1.54, 1.807) is 12.3 Å². The van der Waals surface area contributed by atoms with Gasteiger partial charge in [-0.1, -0.05) is 24.3 Å². The summed E-state index contributed by atoms with van der Waals surface area (Å²) in [5.74, 6) is -0.385. The monoisotopic (exact) mass is 365 g/mol. The first-order chi connectivity index (χ1) is 12.7. The molecule has 2 N–H and O–H groups in total. The first kappa shape index (κ1) is 16.5. The van der Waals surface area contributed by atoms with E-state index in [2.05, 4.69) is 14.7 Å². The lowest BCUT2D eigenvalue weighted by Crippen LogP contribution is -2.25. The van der Waals surface area contributed by atoms with E-state index in [-0.39, 0.29) is 11.7 Å². The van der Waals surface area contributed by atoms with Crippen LogP contribution in [0.2, 0.25) is 0 Å². The van der Waals surface area contributed by atoms with Crippen molar-refractivity contribution in [1.29, 1.82) is 0 Å². The number of nitrogens with one attached hydrogen (secondary N) is 2. The van der Waals surface area contributed by atoms with Gasteiger partial charge >= 0.3 is 0 Å². The largest absolute Gasteiger partial charge is 0.359 e. The fourth-order valence-electron chi connectivity index (χ4n) is 2.96. The number of halogens is 1. The van der Waals surface area contributed by atoms with E-state index in [4.69, 9.17) is 0 Å². The number of para-hydroxylation sites is 1. The number of carbonyl (C=O) groups is 1. The summed E-state index contributed by atoms with van der Waals surface area (Å²) >= 11 is 1.40. The molecular formula is C20H16FN3OS. The number of benzene rings is 2. The van der Waals surface area contributed by atoms with E-state index in [0.29, 0.717) is 24.0 Å². The molecule has 4 rings (SSSR count). The molecule has 2 aromatic heterocycles. The smallest absolute Gasteiger partial charge is 0.251 e. The molecule has 2 aromatic carbocycles. The minimum absolute atomic E-state index is 0.119. The zero-order chi connectivity index (χ0) is 17.9. The van der Waals surface area contributed by atoms with Crippen LogP contribution in [-0.2, 0) is 6.42 Å². The second-order valence-electron chi connectivity index (χ2n) is 5.97. The third-order valence-electron chi connectivity index (χ3n) is 4.34. The Balaban J connectivity index is 1.38. The molecule has 6 heteroatoms. The van der Waals surface area contributed by atoms with E-state index in [1.807, 2.05) is 41.9 Å². The Morgan fingerprint density at radius 2 is 2.00 bits per heavy atom. The first-order valence-corrected chi connectivity index (χ1v) is 9.08. The maximum Gasteiger partial charge on any atom is 0.251 e. The van der Waals surface area contributed by atoms with Crippen molar-refractivity contribution in [2.75, 3.05) is 6.54 Å². The van der Waals surface area contributed by atoms with Crippen LogP contribution in [0.25, 0.3) is 22.0 Å². The summed E-state index contributed by atoms with van der Waals surface area (Å²) in [6.07, 6.45) is 4.24. The average molecular weight is 365 g/mol. The molecule has 4 aromatic rings. The number of fused-ring (bicyclic) bond motifs is 1. The minimum Gasteiger partial charge on any atom is -0.359 e. The molecule has 4 nitrogen and oxygen atoms in total. The van der Waals surface area contributed by atoms with Crippen LogP contribution in [0, 0.1) is 5.82 Å². The second kappa shape index (κ2) is 7.09. The van der Waals surface area contributed by atoms with E-state index in [0.717, 1.165) is 22.1 Å². The van der Waals surface area contributed by atoms with Gasteiger partial charge in [0.15, 0.2) is 0 Å². The van der Waals surface area contributed by atoms with Crippen molar-refractivity contribution in [3.8, 4) is 11.1 Å². The summed E-state index contributed by atoms with van der Waals surface area (Å²) in [6, 6.07) is 12.5. The summed E-state index contributed by atoms with van der Waals surface area (Å²) in [5.41, 5.74) is 4.19. The highest BCUT2D eigenvalue weighted by Crippen LogP contribution is 2.22. The maximum absolute atomic E-state index is 13.7. The quantitative estimate of drug-likeness (QED) is 0.551. The Labute approximate surface area is 153 Å². The Kier molecular flexibility index (Phi) is 4.50. The Hall–Kier alpha value is -2.99. The van der Waals surface area contributed by atoms with Crippen molar-refractivity contribution in [2.45, 2.75) is 6.42 Å². The number of rotatable bonds is 5. The third-order valence-corrected chi connectivity index (χ3v) is 4.93. The topological polar surface area (TPSA) is 57.8 Å². The third kappa shape index (κ3) is 3.23. The molecule has 0 saturated heterocycles. The van der Waals surface area contributed by atoms with Gasteiger partial charge in [0.2, 0.25) is 0 Å². The van der Waals surface area contributed by atoms with Crippen molar-refractivity contribution in [2.24, 2.45) is 0 Å². The molecule has 26 heavy (non-hydrogen) atoms. The number of carbonyl (C=O) groups excluding carboxylic acids is 1. The summed E-state index contributed by atoms with van der Waals surface area (Å²) in [5, 5.41) is 5.74. The minimum atomic E-state index is -0.265. The van der Waals surface area contributed by atoms with Crippen molar-refractivity contribution < 1.29 is 9.18 Å². The molecule has 1 amide bonds. The number of aromatic nitrogens is 2. The molecule has 0 aliphatic rings. The van der Waals surface area contributed by atoms with Crippen LogP contribution in [0.5, 0.6) is 0 Å². The van der Waals surface area contributed by atoms with Gasteiger partial charge < -0.3 is 10.3 Å². The zero-order valence-electron chi connectivity index (χ0n) is 13.8. The van der Waals surface area contributed by atoms with Crippen LogP contribution in [-0.4, -0.2) is 21.8 Å². The van der Waals surface area contributed by atoms with Gasteiger partial charge in [0, 0.05) is 40.8 Å². The summed E-state index contributed by atoms with van der Waals surface area (Å²) in [6.45, 7) is 0.485.